The smallest absolute Gasteiger partial charge is 0.338 e. The number of hydrogen-bond donors (Lipinski definition) is 1. The average Bonchev–Trinajstić information content (AvgIpc) is 3.54. The van der Waals surface area contributed by atoms with Gasteiger partial charge in [0, 0.05) is 11.7 Å². The van der Waals surface area contributed by atoms with Crippen LogP contribution in [0.5, 0.6) is 0 Å². The maximum atomic E-state index is 12.4. The zero-order valence-corrected chi connectivity index (χ0v) is 16.3. The number of hydrogen-bond acceptors (Lipinski definition) is 6. The minimum atomic E-state index is -3.71. The van der Waals surface area contributed by atoms with Gasteiger partial charge in [0.15, 0.2) is 6.61 Å². The van der Waals surface area contributed by atoms with Crippen LogP contribution in [0.15, 0.2) is 59.5 Å². The Morgan fingerprint density at radius 1 is 1.14 bits per heavy atom. The lowest BCUT2D eigenvalue weighted by Gasteiger charge is -2.19. The monoisotopic (exact) mass is 413 g/mol. The number of amides is 1. The number of rotatable bonds is 8. The third kappa shape index (κ3) is 5.40. The fraction of sp³-hybridized carbons (Fsp3) is 0.250. The Kier molecular flexibility index (Phi) is 6.26. The highest BCUT2D eigenvalue weighted by atomic mass is 32.2. The van der Waals surface area contributed by atoms with Crippen LogP contribution in [-0.4, -0.2) is 39.5 Å². The number of anilines is 1. The molecule has 9 heteroatoms. The van der Waals surface area contributed by atoms with E-state index in [1.807, 2.05) is 6.07 Å². The highest BCUT2D eigenvalue weighted by Crippen LogP contribution is 2.22. The molecule has 0 atom stereocenters. The van der Waals surface area contributed by atoms with Crippen molar-refractivity contribution in [3.63, 3.8) is 0 Å². The van der Waals surface area contributed by atoms with E-state index in [0.717, 1.165) is 12.8 Å². The molecule has 1 N–H and O–H groups in total. The number of carbonyl (C=O) groups is 2. The maximum absolute atomic E-state index is 12.4. The molecule has 0 heterocycles. The van der Waals surface area contributed by atoms with Gasteiger partial charge in [-0.05, 0) is 43.2 Å². The van der Waals surface area contributed by atoms with Crippen molar-refractivity contribution in [1.82, 2.24) is 4.72 Å². The molecule has 29 heavy (non-hydrogen) atoms. The standard InChI is InChI=1S/C20H19N3O5S/c21-11-12-23(17-6-2-1-3-7-17)19(24)14-28-20(25)15-5-4-8-18(13-15)29(26,27)22-16-9-10-16/h1-8,13,16,22H,9-10,12,14H2. The van der Waals surface area contributed by atoms with Gasteiger partial charge in [-0.25, -0.2) is 17.9 Å². The van der Waals surface area contributed by atoms with E-state index in [0.29, 0.717) is 5.69 Å². The number of benzene rings is 2. The molecule has 0 saturated heterocycles. The zero-order chi connectivity index (χ0) is 20.9. The number of esters is 1. The SMILES string of the molecule is N#CCN(C(=O)COC(=O)c1cccc(S(=O)(=O)NC2CC2)c1)c1ccccc1. The molecule has 2 aromatic carbocycles. The van der Waals surface area contributed by atoms with E-state index in [2.05, 4.69) is 4.72 Å². The molecule has 0 aliphatic heterocycles. The van der Waals surface area contributed by atoms with E-state index in [1.54, 1.807) is 30.3 Å². The minimum absolute atomic E-state index is 0.0167. The van der Waals surface area contributed by atoms with Gasteiger partial charge >= 0.3 is 5.97 Å². The van der Waals surface area contributed by atoms with Crippen molar-refractivity contribution in [2.24, 2.45) is 0 Å². The third-order valence-corrected chi connectivity index (χ3v) is 5.72. The van der Waals surface area contributed by atoms with E-state index in [1.165, 1.54) is 29.2 Å². The molecular weight excluding hydrogens is 394 g/mol. The molecule has 0 unspecified atom stereocenters. The second kappa shape index (κ2) is 8.86. The highest BCUT2D eigenvalue weighted by molar-refractivity contribution is 7.89. The molecular formula is C20H19N3O5S. The van der Waals surface area contributed by atoms with Crippen LogP contribution in [-0.2, 0) is 19.6 Å². The summed E-state index contributed by atoms with van der Waals surface area (Å²) in [6.45, 7) is -0.770. The van der Waals surface area contributed by atoms with Gasteiger partial charge < -0.3 is 4.74 Å². The van der Waals surface area contributed by atoms with Crippen LogP contribution in [0.25, 0.3) is 0 Å². The molecule has 0 bridgehead atoms. The van der Waals surface area contributed by atoms with Gasteiger partial charge in [-0.3, -0.25) is 9.69 Å². The summed E-state index contributed by atoms with van der Waals surface area (Å²) in [5.41, 5.74) is 0.525. The molecule has 0 radical (unpaired) electrons. The molecule has 1 fully saturated rings. The quantitative estimate of drug-likeness (QED) is 0.521. The molecule has 150 valence electrons. The van der Waals surface area contributed by atoms with Crippen LogP contribution >= 0.6 is 0 Å². The van der Waals surface area contributed by atoms with Crippen LogP contribution in [0.2, 0.25) is 0 Å². The summed E-state index contributed by atoms with van der Waals surface area (Å²) < 4.78 is 32.2. The fourth-order valence-electron chi connectivity index (χ4n) is 2.57. The van der Waals surface area contributed by atoms with E-state index in [-0.39, 0.29) is 23.0 Å². The molecule has 0 aromatic heterocycles. The van der Waals surface area contributed by atoms with Crippen LogP contribution in [0.4, 0.5) is 5.69 Å². The summed E-state index contributed by atoms with van der Waals surface area (Å²) >= 11 is 0. The zero-order valence-electron chi connectivity index (χ0n) is 15.4. The summed E-state index contributed by atoms with van der Waals surface area (Å²) in [7, 11) is -3.71. The number of carbonyl (C=O) groups excluding carboxylic acids is 2. The second-order valence-electron chi connectivity index (χ2n) is 6.47. The predicted octanol–water partition coefficient (Wildman–Crippen LogP) is 1.84. The van der Waals surface area contributed by atoms with Crippen molar-refractivity contribution < 1.29 is 22.7 Å². The van der Waals surface area contributed by atoms with Crippen molar-refractivity contribution in [2.45, 2.75) is 23.8 Å². The van der Waals surface area contributed by atoms with E-state index in [4.69, 9.17) is 10.00 Å². The largest absolute Gasteiger partial charge is 0.452 e. The summed E-state index contributed by atoms with van der Waals surface area (Å²) in [4.78, 5) is 25.9. The number of ether oxygens (including phenoxy) is 1. The van der Waals surface area contributed by atoms with Gasteiger partial charge in [0.2, 0.25) is 10.0 Å². The topological polar surface area (TPSA) is 117 Å². The fourth-order valence-corrected chi connectivity index (χ4v) is 3.92. The Bertz CT molecular complexity index is 1040. The molecule has 1 aliphatic carbocycles. The lowest BCUT2D eigenvalue weighted by Crippen LogP contribution is -2.35. The van der Waals surface area contributed by atoms with E-state index in [9.17, 15) is 18.0 Å². The molecule has 2 aromatic rings. The van der Waals surface area contributed by atoms with Gasteiger partial charge in [-0.1, -0.05) is 24.3 Å². The van der Waals surface area contributed by atoms with Gasteiger partial charge in [0.1, 0.15) is 6.54 Å². The van der Waals surface area contributed by atoms with Gasteiger partial charge in [-0.15, -0.1) is 0 Å². The summed E-state index contributed by atoms with van der Waals surface area (Å²) in [5, 5.41) is 8.96. The van der Waals surface area contributed by atoms with Crippen LogP contribution in [0.3, 0.4) is 0 Å². The van der Waals surface area contributed by atoms with Crippen molar-refractivity contribution in [3.8, 4) is 6.07 Å². The molecule has 1 amide bonds. The van der Waals surface area contributed by atoms with Gasteiger partial charge in [0.05, 0.1) is 16.5 Å². The Balaban J connectivity index is 1.66. The lowest BCUT2D eigenvalue weighted by molar-refractivity contribution is -0.121. The van der Waals surface area contributed by atoms with Crippen molar-refractivity contribution in [1.29, 1.82) is 5.26 Å². The normalized spacial score (nSPS) is 13.3. The molecule has 8 nitrogen and oxygen atoms in total. The summed E-state index contributed by atoms with van der Waals surface area (Å²) in [6.07, 6.45) is 1.59. The van der Waals surface area contributed by atoms with Crippen molar-refractivity contribution in [3.05, 3.63) is 60.2 Å². The predicted molar refractivity (Wildman–Crippen MR) is 104 cm³/mol. The number of sulfonamides is 1. The highest BCUT2D eigenvalue weighted by Gasteiger charge is 2.28. The molecule has 0 spiro atoms. The molecule has 1 aliphatic rings. The van der Waals surface area contributed by atoms with E-state index < -0.39 is 28.5 Å². The Labute approximate surface area is 168 Å². The molecule has 3 rings (SSSR count). The Morgan fingerprint density at radius 3 is 2.52 bits per heavy atom. The Hall–Kier alpha value is -3.22. The average molecular weight is 413 g/mol. The number of nitriles is 1. The number of nitrogens with one attached hydrogen (secondary N) is 1. The van der Waals surface area contributed by atoms with E-state index >= 15 is 0 Å². The van der Waals surface area contributed by atoms with Crippen LogP contribution in [0, 0.1) is 11.3 Å². The first kappa shape index (κ1) is 20.5. The minimum Gasteiger partial charge on any atom is -0.452 e. The molecule has 1 saturated carbocycles. The summed E-state index contributed by atoms with van der Waals surface area (Å²) in [5.74, 6) is -1.39. The van der Waals surface area contributed by atoms with Gasteiger partial charge in [0.25, 0.3) is 5.91 Å². The van der Waals surface area contributed by atoms with Crippen LogP contribution < -0.4 is 9.62 Å². The Morgan fingerprint density at radius 2 is 1.86 bits per heavy atom. The first-order valence-corrected chi connectivity index (χ1v) is 10.4. The van der Waals surface area contributed by atoms with Gasteiger partial charge in [-0.2, -0.15) is 5.26 Å². The third-order valence-electron chi connectivity index (χ3n) is 4.20. The number of para-hydroxylation sites is 1. The maximum Gasteiger partial charge on any atom is 0.338 e. The van der Waals surface area contributed by atoms with Crippen LogP contribution in [0.1, 0.15) is 23.2 Å². The number of nitrogens with zero attached hydrogens (tertiary/aromatic N) is 2. The lowest BCUT2D eigenvalue weighted by atomic mass is 10.2. The van der Waals surface area contributed by atoms with Crippen molar-refractivity contribution >= 4 is 27.6 Å². The summed E-state index contributed by atoms with van der Waals surface area (Å²) in [6, 6.07) is 15.8. The van der Waals surface area contributed by atoms with Crippen molar-refractivity contribution in [2.75, 3.05) is 18.1 Å². The second-order valence-corrected chi connectivity index (χ2v) is 8.19. The first-order valence-electron chi connectivity index (χ1n) is 8.92. The first-order chi connectivity index (χ1) is 13.9.